The molecule has 0 aliphatic carbocycles. The van der Waals surface area contributed by atoms with Crippen LogP contribution < -0.4 is 5.32 Å². The minimum absolute atomic E-state index is 0.124. The first-order valence-corrected chi connectivity index (χ1v) is 5.93. The third kappa shape index (κ3) is 3.68. The number of hydrogen-bond donors (Lipinski definition) is 1. The fourth-order valence-electron chi connectivity index (χ4n) is 1.87. The van der Waals surface area contributed by atoms with Crippen LogP contribution in [0.3, 0.4) is 0 Å². The van der Waals surface area contributed by atoms with Crippen molar-refractivity contribution >= 4 is 23.2 Å². The van der Waals surface area contributed by atoms with Gasteiger partial charge in [-0.1, -0.05) is 11.6 Å². The lowest BCUT2D eigenvalue weighted by Crippen LogP contribution is -2.31. The second-order valence-electron chi connectivity index (χ2n) is 4.18. The van der Waals surface area contributed by atoms with Gasteiger partial charge in [0.25, 0.3) is 0 Å². The SMILES string of the molecule is O=C(CN1CCC(F)C1)Nc1ccc(Cl)cc1. The van der Waals surface area contributed by atoms with Crippen LogP contribution >= 0.6 is 11.6 Å². The molecule has 1 aliphatic rings. The van der Waals surface area contributed by atoms with Gasteiger partial charge in [-0.05, 0) is 30.7 Å². The fraction of sp³-hybridized carbons (Fsp3) is 0.417. The molecule has 0 saturated carbocycles. The van der Waals surface area contributed by atoms with E-state index in [-0.39, 0.29) is 12.5 Å². The summed E-state index contributed by atoms with van der Waals surface area (Å²) >= 11 is 5.74. The Morgan fingerprint density at radius 1 is 1.47 bits per heavy atom. The molecule has 1 aromatic rings. The molecule has 1 heterocycles. The summed E-state index contributed by atoms with van der Waals surface area (Å²) in [7, 11) is 0. The van der Waals surface area contributed by atoms with Crippen LogP contribution in [0.2, 0.25) is 5.02 Å². The van der Waals surface area contributed by atoms with Crippen LogP contribution in [0.1, 0.15) is 6.42 Å². The lowest BCUT2D eigenvalue weighted by molar-refractivity contribution is -0.117. The summed E-state index contributed by atoms with van der Waals surface area (Å²) in [5, 5.41) is 3.38. The molecule has 1 amide bonds. The van der Waals surface area contributed by atoms with E-state index in [1.807, 2.05) is 4.90 Å². The van der Waals surface area contributed by atoms with Gasteiger partial charge in [-0.15, -0.1) is 0 Å². The van der Waals surface area contributed by atoms with E-state index < -0.39 is 6.17 Å². The number of likely N-dealkylation sites (tertiary alicyclic amines) is 1. The van der Waals surface area contributed by atoms with E-state index in [0.29, 0.717) is 30.2 Å². The van der Waals surface area contributed by atoms with Gasteiger partial charge in [0.1, 0.15) is 6.17 Å². The van der Waals surface area contributed by atoms with Crippen LogP contribution in [-0.2, 0) is 4.79 Å². The highest BCUT2D eigenvalue weighted by atomic mass is 35.5. The van der Waals surface area contributed by atoms with Crippen LogP contribution in [0.4, 0.5) is 10.1 Å². The Bertz CT molecular complexity index is 396. The van der Waals surface area contributed by atoms with E-state index in [9.17, 15) is 9.18 Å². The lowest BCUT2D eigenvalue weighted by atomic mass is 10.3. The van der Waals surface area contributed by atoms with Crippen molar-refractivity contribution in [3.05, 3.63) is 29.3 Å². The van der Waals surface area contributed by atoms with Gasteiger partial charge in [-0.25, -0.2) is 4.39 Å². The number of carbonyl (C=O) groups excluding carboxylic acids is 1. The Hall–Kier alpha value is -1.13. The Morgan fingerprint density at radius 2 is 2.18 bits per heavy atom. The number of hydrogen-bond acceptors (Lipinski definition) is 2. The molecule has 1 saturated heterocycles. The molecule has 3 nitrogen and oxygen atoms in total. The first-order chi connectivity index (χ1) is 8.13. The van der Waals surface area contributed by atoms with Crippen LogP contribution in [0.25, 0.3) is 0 Å². The van der Waals surface area contributed by atoms with Gasteiger partial charge in [0.15, 0.2) is 0 Å². The van der Waals surface area contributed by atoms with Crippen molar-refractivity contribution in [3.63, 3.8) is 0 Å². The number of amides is 1. The Morgan fingerprint density at radius 3 is 2.76 bits per heavy atom. The molecule has 1 aliphatic heterocycles. The molecular weight excluding hydrogens is 243 g/mol. The summed E-state index contributed by atoms with van der Waals surface area (Å²) < 4.78 is 12.9. The average Bonchev–Trinajstić information content (AvgIpc) is 2.67. The van der Waals surface area contributed by atoms with Crippen molar-refractivity contribution in [3.8, 4) is 0 Å². The van der Waals surface area contributed by atoms with Crippen LogP contribution in [-0.4, -0.2) is 36.6 Å². The summed E-state index contributed by atoms with van der Waals surface area (Å²) in [6, 6.07) is 6.90. The van der Waals surface area contributed by atoms with Crippen molar-refractivity contribution < 1.29 is 9.18 Å². The van der Waals surface area contributed by atoms with Crippen LogP contribution in [0, 0.1) is 0 Å². The topological polar surface area (TPSA) is 32.3 Å². The highest BCUT2D eigenvalue weighted by Gasteiger charge is 2.23. The molecule has 17 heavy (non-hydrogen) atoms. The Balaban J connectivity index is 1.83. The molecule has 0 spiro atoms. The van der Waals surface area contributed by atoms with Gasteiger partial charge in [0, 0.05) is 23.8 Å². The van der Waals surface area contributed by atoms with Gasteiger partial charge in [-0.2, -0.15) is 0 Å². The lowest BCUT2D eigenvalue weighted by Gasteiger charge is -2.14. The predicted octanol–water partition coefficient (Wildman–Crippen LogP) is 2.32. The largest absolute Gasteiger partial charge is 0.325 e. The van der Waals surface area contributed by atoms with Gasteiger partial charge < -0.3 is 5.32 Å². The fourth-order valence-corrected chi connectivity index (χ4v) is 1.99. The minimum atomic E-state index is -0.793. The summed E-state index contributed by atoms with van der Waals surface area (Å²) in [5.74, 6) is -0.124. The Kier molecular flexibility index (Phi) is 3.97. The third-order valence-corrected chi connectivity index (χ3v) is 2.96. The maximum Gasteiger partial charge on any atom is 0.238 e. The summed E-state index contributed by atoms with van der Waals surface area (Å²) in [6.45, 7) is 1.24. The molecule has 0 radical (unpaired) electrons. The van der Waals surface area contributed by atoms with Crippen molar-refractivity contribution in [2.24, 2.45) is 0 Å². The number of nitrogens with zero attached hydrogens (tertiary/aromatic N) is 1. The van der Waals surface area contributed by atoms with E-state index in [0.717, 1.165) is 0 Å². The van der Waals surface area contributed by atoms with Crippen molar-refractivity contribution in [1.82, 2.24) is 4.90 Å². The molecule has 0 aromatic heterocycles. The zero-order chi connectivity index (χ0) is 12.3. The summed E-state index contributed by atoms with van der Waals surface area (Å²) in [6.07, 6.45) is -0.271. The van der Waals surface area contributed by atoms with Gasteiger partial charge in [0.05, 0.1) is 6.54 Å². The Labute approximate surface area is 105 Å². The monoisotopic (exact) mass is 256 g/mol. The van der Waals surface area contributed by atoms with E-state index in [2.05, 4.69) is 5.32 Å². The van der Waals surface area contributed by atoms with Gasteiger partial charge in [0.2, 0.25) is 5.91 Å². The number of halogens is 2. The highest BCUT2D eigenvalue weighted by Crippen LogP contribution is 2.14. The van der Waals surface area contributed by atoms with E-state index in [1.165, 1.54) is 0 Å². The second-order valence-corrected chi connectivity index (χ2v) is 4.61. The predicted molar refractivity (Wildman–Crippen MR) is 66.0 cm³/mol. The number of nitrogens with one attached hydrogen (secondary N) is 1. The molecule has 1 atom stereocenters. The van der Waals surface area contributed by atoms with E-state index >= 15 is 0 Å². The molecule has 1 fully saturated rings. The molecule has 1 aromatic carbocycles. The zero-order valence-corrected chi connectivity index (χ0v) is 10.1. The van der Waals surface area contributed by atoms with E-state index in [4.69, 9.17) is 11.6 Å². The average molecular weight is 257 g/mol. The van der Waals surface area contributed by atoms with Crippen molar-refractivity contribution in [2.45, 2.75) is 12.6 Å². The van der Waals surface area contributed by atoms with E-state index in [1.54, 1.807) is 24.3 Å². The van der Waals surface area contributed by atoms with Crippen LogP contribution in [0.15, 0.2) is 24.3 Å². The minimum Gasteiger partial charge on any atom is -0.325 e. The molecular formula is C12H14ClFN2O. The summed E-state index contributed by atoms with van der Waals surface area (Å²) in [5.41, 5.74) is 0.704. The van der Waals surface area contributed by atoms with Gasteiger partial charge >= 0.3 is 0 Å². The number of anilines is 1. The molecule has 92 valence electrons. The number of carbonyl (C=O) groups is 1. The standard InChI is InChI=1S/C12H14ClFN2O/c13-9-1-3-11(4-2-9)15-12(17)8-16-6-5-10(14)7-16/h1-4,10H,5-8H2,(H,15,17). The van der Waals surface area contributed by atoms with Gasteiger partial charge in [-0.3, -0.25) is 9.69 Å². The molecule has 2 rings (SSSR count). The maximum atomic E-state index is 12.9. The molecule has 1 N–H and O–H groups in total. The number of rotatable bonds is 3. The molecule has 1 unspecified atom stereocenters. The first kappa shape index (κ1) is 12.3. The normalized spacial score (nSPS) is 20.5. The molecule has 5 heteroatoms. The smallest absolute Gasteiger partial charge is 0.238 e. The van der Waals surface area contributed by atoms with Crippen LogP contribution in [0.5, 0.6) is 0 Å². The third-order valence-electron chi connectivity index (χ3n) is 2.71. The zero-order valence-electron chi connectivity index (χ0n) is 9.33. The number of benzene rings is 1. The quantitative estimate of drug-likeness (QED) is 0.900. The summed E-state index contributed by atoms with van der Waals surface area (Å²) in [4.78, 5) is 13.5. The molecule has 0 bridgehead atoms. The highest BCUT2D eigenvalue weighted by molar-refractivity contribution is 6.30. The van der Waals surface area contributed by atoms with Crippen molar-refractivity contribution in [1.29, 1.82) is 0 Å². The second kappa shape index (κ2) is 5.47. The number of alkyl halides is 1. The first-order valence-electron chi connectivity index (χ1n) is 5.55. The van der Waals surface area contributed by atoms with Crippen molar-refractivity contribution in [2.75, 3.05) is 25.0 Å². The maximum absolute atomic E-state index is 12.9.